The van der Waals surface area contributed by atoms with Crippen LogP contribution in [-0.2, 0) is 25.9 Å². The van der Waals surface area contributed by atoms with Crippen LogP contribution in [0.25, 0.3) is 0 Å². The minimum absolute atomic E-state index is 0.653. The fraction of sp³-hybridized carbons (Fsp3) is 0.538. The Bertz CT molecular complexity index is 501. The largest absolute Gasteiger partial charge is 0.467 e. The first-order valence-electron chi connectivity index (χ1n) is 6.40. The normalized spacial score (nSPS) is 11.1. The van der Waals surface area contributed by atoms with Gasteiger partial charge in [-0.2, -0.15) is 5.10 Å². The molecule has 2 aromatic heterocycles. The molecule has 1 N–H and O–H groups in total. The Kier molecular flexibility index (Phi) is 4.15. The minimum Gasteiger partial charge on any atom is -0.467 e. The van der Waals surface area contributed by atoms with Crippen LogP contribution in [0.15, 0.2) is 16.7 Å². The molecular formula is C13H20N4O. The van der Waals surface area contributed by atoms with Gasteiger partial charge in [0, 0.05) is 24.9 Å². The van der Waals surface area contributed by atoms with Gasteiger partial charge in [-0.05, 0) is 13.1 Å². The number of hydrogen-bond donors (Lipinski definition) is 1. The van der Waals surface area contributed by atoms with Gasteiger partial charge in [0.2, 0.25) is 0 Å². The Balaban J connectivity index is 2.14. The standard InChI is InChI=1S/C13H20N4O/c1-4-12-15-13(5-2)17(16-12)8-11-6-10(7-14-3)9-18-11/h6,9,14H,4-5,7-8H2,1-3H3. The number of hydrogen-bond acceptors (Lipinski definition) is 4. The Labute approximate surface area is 107 Å². The highest BCUT2D eigenvalue weighted by molar-refractivity contribution is 5.13. The zero-order valence-corrected chi connectivity index (χ0v) is 11.2. The second-order valence-corrected chi connectivity index (χ2v) is 4.26. The van der Waals surface area contributed by atoms with Crippen LogP contribution in [0.2, 0.25) is 0 Å². The van der Waals surface area contributed by atoms with Crippen LogP contribution in [0.3, 0.4) is 0 Å². The van der Waals surface area contributed by atoms with Crippen LogP contribution in [0.4, 0.5) is 0 Å². The Morgan fingerprint density at radius 2 is 2.17 bits per heavy atom. The van der Waals surface area contributed by atoms with E-state index in [1.54, 1.807) is 6.26 Å². The summed E-state index contributed by atoms with van der Waals surface area (Å²) in [7, 11) is 1.92. The summed E-state index contributed by atoms with van der Waals surface area (Å²) in [6.07, 6.45) is 3.54. The van der Waals surface area contributed by atoms with Crippen molar-refractivity contribution in [3.05, 3.63) is 35.3 Å². The third kappa shape index (κ3) is 2.79. The molecule has 98 valence electrons. The van der Waals surface area contributed by atoms with Gasteiger partial charge in [-0.1, -0.05) is 13.8 Å². The van der Waals surface area contributed by atoms with Crippen molar-refractivity contribution in [3.8, 4) is 0 Å². The number of nitrogens with one attached hydrogen (secondary N) is 1. The molecule has 0 aliphatic carbocycles. The minimum atomic E-state index is 0.653. The van der Waals surface area contributed by atoms with Crippen LogP contribution >= 0.6 is 0 Å². The molecule has 2 heterocycles. The van der Waals surface area contributed by atoms with E-state index in [0.717, 1.165) is 42.4 Å². The van der Waals surface area contributed by atoms with E-state index in [0.29, 0.717) is 6.54 Å². The number of aryl methyl sites for hydroxylation is 2. The molecule has 5 nitrogen and oxygen atoms in total. The first kappa shape index (κ1) is 12.8. The molecule has 0 radical (unpaired) electrons. The van der Waals surface area contributed by atoms with E-state index in [4.69, 9.17) is 4.42 Å². The van der Waals surface area contributed by atoms with Crippen molar-refractivity contribution in [2.75, 3.05) is 7.05 Å². The fourth-order valence-corrected chi connectivity index (χ4v) is 1.92. The molecule has 2 rings (SSSR count). The second kappa shape index (κ2) is 5.82. The molecule has 0 amide bonds. The smallest absolute Gasteiger partial charge is 0.150 e. The summed E-state index contributed by atoms with van der Waals surface area (Å²) >= 11 is 0. The molecule has 5 heteroatoms. The van der Waals surface area contributed by atoms with Crippen LogP contribution < -0.4 is 5.32 Å². The highest BCUT2D eigenvalue weighted by atomic mass is 16.3. The van der Waals surface area contributed by atoms with Gasteiger partial charge in [-0.25, -0.2) is 9.67 Å². The molecule has 0 atom stereocenters. The van der Waals surface area contributed by atoms with Gasteiger partial charge >= 0.3 is 0 Å². The van der Waals surface area contributed by atoms with Crippen molar-refractivity contribution in [1.29, 1.82) is 0 Å². The summed E-state index contributed by atoms with van der Waals surface area (Å²) < 4.78 is 7.47. The summed E-state index contributed by atoms with van der Waals surface area (Å²) in [5.41, 5.74) is 1.15. The van der Waals surface area contributed by atoms with Gasteiger partial charge in [0.1, 0.15) is 18.1 Å². The first-order chi connectivity index (χ1) is 8.76. The highest BCUT2D eigenvalue weighted by Crippen LogP contribution is 2.11. The lowest BCUT2D eigenvalue weighted by atomic mass is 10.3. The van der Waals surface area contributed by atoms with E-state index < -0.39 is 0 Å². The molecule has 0 spiro atoms. The summed E-state index contributed by atoms with van der Waals surface area (Å²) in [6, 6.07) is 2.06. The lowest BCUT2D eigenvalue weighted by Gasteiger charge is -2.00. The Hall–Kier alpha value is -1.62. The van der Waals surface area contributed by atoms with Crippen LogP contribution in [0.5, 0.6) is 0 Å². The maximum Gasteiger partial charge on any atom is 0.150 e. The number of furan rings is 1. The quantitative estimate of drug-likeness (QED) is 0.846. The second-order valence-electron chi connectivity index (χ2n) is 4.26. The van der Waals surface area contributed by atoms with E-state index in [9.17, 15) is 0 Å². The molecule has 0 aliphatic heterocycles. The van der Waals surface area contributed by atoms with Crippen LogP contribution in [0, 0.1) is 0 Å². The SMILES string of the molecule is CCc1nc(CC)n(Cc2cc(CNC)co2)n1. The number of aromatic nitrogens is 3. The molecule has 0 unspecified atom stereocenters. The predicted octanol–water partition coefficient (Wildman–Crippen LogP) is 1.76. The topological polar surface area (TPSA) is 55.9 Å². The predicted molar refractivity (Wildman–Crippen MR) is 69.4 cm³/mol. The van der Waals surface area contributed by atoms with Crippen molar-refractivity contribution in [2.45, 2.75) is 39.8 Å². The van der Waals surface area contributed by atoms with Gasteiger partial charge in [-0.3, -0.25) is 0 Å². The Morgan fingerprint density at radius 3 is 2.83 bits per heavy atom. The van der Waals surface area contributed by atoms with Crippen molar-refractivity contribution < 1.29 is 4.42 Å². The Morgan fingerprint density at radius 1 is 1.33 bits per heavy atom. The third-order valence-electron chi connectivity index (χ3n) is 2.82. The van der Waals surface area contributed by atoms with Gasteiger partial charge < -0.3 is 9.73 Å². The lowest BCUT2D eigenvalue weighted by Crippen LogP contribution is -2.06. The maximum atomic E-state index is 5.53. The summed E-state index contributed by atoms with van der Waals surface area (Å²) in [5.74, 6) is 2.83. The van der Waals surface area contributed by atoms with Crippen molar-refractivity contribution in [3.63, 3.8) is 0 Å². The van der Waals surface area contributed by atoms with Gasteiger partial charge in [0.15, 0.2) is 5.82 Å². The molecule has 0 fully saturated rings. The first-order valence-corrected chi connectivity index (χ1v) is 6.40. The van der Waals surface area contributed by atoms with Gasteiger partial charge in [0.05, 0.1) is 6.26 Å². The highest BCUT2D eigenvalue weighted by Gasteiger charge is 2.09. The summed E-state index contributed by atoms with van der Waals surface area (Å²) in [4.78, 5) is 4.48. The number of nitrogens with zero attached hydrogens (tertiary/aromatic N) is 3. The molecule has 0 aromatic carbocycles. The summed E-state index contributed by atoms with van der Waals surface area (Å²) in [5, 5.41) is 7.58. The van der Waals surface area contributed by atoms with Gasteiger partial charge in [0.25, 0.3) is 0 Å². The fourth-order valence-electron chi connectivity index (χ4n) is 1.92. The van der Waals surface area contributed by atoms with E-state index in [1.165, 1.54) is 0 Å². The molecule has 18 heavy (non-hydrogen) atoms. The molecular weight excluding hydrogens is 228 g/mol. The monoisotopic (exact) mass is 248 g/mol. The zero-order valence-electron chi connectivity index (χ0n) is 11.2. The molecule has 0 aliphatic rings. The third-order valence-corrected chi connectivity index (χ3v) is 2.82. The average Bonchev–Trinajstić information content (AvgIpc) is 2.97. The van der Waals surface area contributed by atoms with E-state index in [-0.39, 0.29) is 0 Å². The molecule has 0 saturated carbocycles. The maximum absolute atomic E-state index is 5.53. The van der Waals surface area contributed by atoms with Crippen molar-refractivity contribution in [2.24, 2.45) is 0 Å². The number of rotatable bonds is 6. The van der Waals surface area contributed by atoms with E-state index in [1.807, 2.05) is 11.7 Å². The zero-order chi connectivity index (χ0) is 13.0. The lowest BCUT2D eigenvalue weighted by molar-refractivity contribution is 0.471. The molecule has 0 bridgehead atoms. The molecule has 0 saturated heterocycles. The van der Waals surface area contributed by atoms with Crippen LogP contribution in [-0.4, -0.2) is 21.8 Å². The van der Waals surface area contributed by atoms with E-state index >= 15 is 0 Å². The van der Waals surface area contributed by atoms with E-state index in [2.05, 4.69) is 35.3 Å². The van der Waals surface area contributed by atoms with Gasteiger partial charge in [-0.15, -0.1) is 0 Å². The van der Waals surface area contributed by atoms with Crippen LogP contribution in [0.1, 0.15) is 36.8 Å². The van der Waals surface area contributed by atoms with Crippen molar-refractivity contribution >= 4 is 0 Å². The van der Waals surface area contributed by atoms with Crippen molar-refractivity contribution in [1.82, 2.24) is 20.1 Å². The average molecular weight is 248 g/mol. The molecule has 2 aromatic rings. The summed E-state index contributed by atoms with van der Waals surface area (Å²) in [6.45, 7) is 5.63.